The van der Waals surface area contributed by atoms with Gasteiger partial charge in [-0.25, -0.2) is 9.18 Å². The van der Waals surface area contributed by atoms with Gasteiger partial charge >= 0.3 is 6.03 Å². The molecule has 0 radical (unpaired) electrons. The van der Waals surface area contributed by atoms with Gasteiger partial charge in [0.25, 0.3) is 0 Å². The highest BCUT2D eigenvalue weighted by atomic mass is 19.1. The summed E-state index contributed by atoms with van der Waals surface area (Å²) in [5.41, 5.74) is 6.17. The molecule has 1 unspecified atom stereocenters. The topological polar surface area (TPSA) is 100 Å². The van der Waals surface area contributed by atoms with Gasteiger partial charge in [0, 0.05) is 51.1 Å². The van der Waals surface area contributed by atoms with Gasteiger partial charge in [0.2, 0.25) is 11.8 Å². The number of hydrogen-bond donors (Lipinski definition) is 2. The molecule has 0 bridgehead atoms. The summed E-state index contributed by atoms with van der Waals surface area (Å²) >= 11 is 0. The maximum atomic E-state index is 15.5. The number of halogens is 1. The minimum Gasteiger partial charge on any atom is -0.496 e. The number of imide groups is 1. The molecule has 10 heteroatoms. The van der Waals surface area contributed by atoms with Crippen molar-refractivity contribution in [2.24, 2.45) is 5.92 Å². The van der Waals surface area contributed by atoms with Gasteiger partial charge in [-0.15, -0.1) is 0 Å². The van der Waals surface area contributed by atoms with Crippen LogP contribution in [0.25, 0.3) is 22.3 Å². The third kappa shape index (κ3) is 5.98. The maximum Gasteiger partial charge on any atom is 0.326 e. The number of nitrogens with one attached hydrogen (secondary N) is 2. The van der Waals surface area contributed by atoms with Crippen molar-refractivity contribution in [3.63, 3.8) is 0 Å². The van der Waals surface area contributed by atoms with Crippen molar-refractivity contribution in [1.29, 1.82) is 0 Å². The molecule has 0 spiro atoms. The zero-order chi connectivity index (χ0) is 30.8. The minimum absolute atomic E-state index is 0.0115. The molecule has 2 N–H and O–H groups in total. The van der Waals surface area contributed by atoms with E-state index in [1.165, 1.54) is 11.9 Å². The van der Waals surface area contributed by atoms with Crippen molar-refractivity contribution in [3.05, 3.63) is 71.0 Å². The Hall–Kier alpha value is -4.28. The van der Waals surface area contributed by atoms with Crippen molar-refractivity contribution in [2.45, 2.75) is 32.9 Å². The fraction of sp³-hybridized carbons (Fsp3) is 0.364. The van der Waals surface area contributed by atoms with E-state index < -0.39 is 23.8 Å². The highest BCUT2D eigenvalue weighted by Gasteiger charge is 2.39. The number of benzene rings is 3. The first-order valence-corrected chi connectivity index (χ1v) is 14.3. The second kappa shape index (κ2) is 12.5. The van der Waals surface area contributed by atoms with Crippen LogP contribution in [0.5, 0.6) is 5.75 Å². The molecule has 2 fully saturated rings. The first-order valence-electron chi connectivity index (χ1n) is 14.3. The predicted octanol–water partition coefficient (Wildman–Crippen LogP) is 4.74. The summed E-state index contributed by atoms with van der Waals surface area (Å²) in [6.45, 7) is 5.57. The molecule has 3 aromatic carbocycles. The third-order valence-corrected chi connectivity index (χ3v) is 8.41. The molecule has 0 aliphatic carbocycles. The first kappa shape index (κ1) is 30.2. The van der Waals surface area contributed by atoms with Gasteiger partial charge in [-0.05, 0) is 71.8 Å². The second-order valence-electron chi connectivity index (χ2n) is 11.1. The van der Waals surface area contributed by atoms with Crippen LogP contribution < -0.4 is 15.4 Å². The van der Waals surface area contributed by atoms with E-state index >= 15 is 4.39 Å². The zero-order valence-corrected chi connectivity index (χ0v) is 25.1. The predicted molar refractivity (Wildman–Crippen MR) is 162 cm³/mol. The van der Waals surface area contributed by atoms with Crippen LogP contribution in [-0.2, 0) is 20.9 Å². The van der Waals surface area contributed by atoms with E-state index in [4.69, 9.17) is 9.47 Å². The first-order chi connectivity index (χ1) is 20.6. The SMILES string of the molecule is COc1cc(-c2cccc(-c3cccc(NC(=O)C4CN(C)C(=O)N(C)C4=O)c3C)c2C)cc(F)c1CN[C@H]1CCOC1. The van der Waals surface area contributed by atoms with E-state index in [2.05, 4.69) is 10.6 Å². The molecule has 3 aromatic rings. The number of methoxy groups -OCH3 is 1. The number of carbonyl (C=O) groups excluding carboxylic acids is 3. The molecule has 4 amide bonds. The van der Waals surface area contributed by atoms with E-state index in [-0.39, 0.29) is 18.4 Å². The van der Waals surface area contributed by atoms with E-state index in [1.807, 2.05) is 50.2 Å². The number of urea groups is 1. The summed E-state index contributed by atoms with van der Waals surface area (Å²) in [4.78, 5) is 40.3. The van der Waals surface area contributed by atoms with Gasteiger partial charge in [-0.1, -0.05) is 30.3 Å². The van der Waals surface area contributed by atoms with Gasteiger partial charge in [0.15, 0.2) is 0 Å². The van der Waals surface area contributed by atoms with Crippen molar-refractivity contribution in [3.8, 4) is 28.0 Å². The van der Waals surface area contributed by atoms with Gasteiger partial charge in [-0.3, -0.25) is 14.5 Å². The molecule has 2 aliphatic heterocycles. The van der Waals surface area contributed by atoms with Crippen LogP contribution in [0, 0.1) is 25.6 Å². The number of carbonyl (C=O) groups is 3. The number of anilines is 1. The lowest BCUT2D eigenvalue weighted by Gasteiger charge is -2.33. The van der Waals surface area contributed by atoms with E-state index in [9.17, 15) is 14.4 Å². The Labute approximate surface area is 251 Å². The van der Waals surface area contributed by atoms with Crippen molar-refractivity contribution < 1.29 is 28.2 Å². The standard InChI is InChI=1S/C33H37FN4O5/c1-19-23(21-14-28(34)26(30(15-21)42-5)16-35-22-12-13-43-18-22)8-6-9-24(19)25-10-7-11-29(20(25)2)36-31(39)27-17-37(3)33(41)38(4)32(27)40/h6-11,14-15,22,27,35H,12-13,16-18H2,1-5H3,(H,36,39)/t22-,27?/m0/s1. The van der Waals surface area contributed by atoms with Crippen molar-refractivity contribution >= 4 is 23.5 Å². The van der Waals surface area contributed by atoms with Crippen LogP contribution in [0.2, 0.25) is 0 Å². The van der Waals surface area contributed by atoms with E-state index in [0.717, 1.165) is 39.1 Å². The van der Waals surface area contributed by atoms with E-state index in [0.29, 0.717) is 42.3 Å². The number of ether oxygens (including phenoxy) is 2. The molecule has 226 valence electrons. The number of rotatable bonds is 8. The summed E-state index contributed by atoms with van der Waals surface area (Å²) in [6, 6.07) is 14.6. The van der Waals surface area contributed by atoms with Gasteiger partial charge in [0.1, 0.15) is 17.5 Å². The van der Waals surface area contributed by atoms with Crippen LogP contribution in [0.4, 0.5) is 14.9 Å². The quantitative estimate of drug-likeness (QED) is 0.369. The van der Waals surface area contributed by atoms with Gasteiger partial charge in [0.05, 0.1) is 13.7 Å². The molecule has 2 saturated heterocycles. The molecule has 2 atom stereocenters. The Bertz CT molecular complexity index is 1570. The molecular weight excluding hydrogens is 551 g/mol. The van der Waals surface area contributed by atoms with Gasteiger partial charge in [-0.2, -0.15) is 0 Å². The molecule has 5 rings (SSSR count). The van der Waals surface area contributed by atoms with Gasteiger partial charge < -0.3 is 25.0 Å². The van der Waals surface area contributed by atoms with Crippen LogP contribution in [0.1, 0.15) is 23.1 Å². The normalized spacial score (nSPS) is 18.7. The molecule has 2 heterocycles. The highest BCUT2D eigenvalue weighted by Crippen LogP contribution is 2.38. The Morgan fingerprint density at radius 1 is 1.05 bits per heavy atom. The molecule has 43 heavy (non-hydrogen) atoms. The summed E-state index contributed by atoms with van der Waals surface area (Å²) in [7, 11) is 4.48. The number of amides is 4. The van der Waals surface area contributed by atoms with Crippen LogP contribution in [0.15, 0.2) is 48.5 Å². The largest absolute Gasteiger partial charge is 0.496 e. The highest BCUT2D eigenvalue weighted by molar-refractivity contribution is 6.12. The molecule has 9 nitrogen and oxygen atoms in total. The summed E-state index contributed by atoms with van der Waals surface area (Å²) in [5.74, 6) is -1.88. The fourth-order valence-electron chi connectivity index (χ4n) is 5.79. The Morgan fingerprint density at radius 3 is 2.44 bits per heavy atom. The Balaban J connectivity index is 1.42. The average Bonchev–Trinajstić information content (AvgIpc) is 3.52. The maximum absolute atomic E-state index is 15.5. The van der Waals surface area contributed by atoms with Crippen LogP contribution >= 0.6 is 0 Å². The van der Waals surface area contributed by atoms with E-state index in [1.54, 1.807) is 26.3 Å². The molecule has 0 saturated carbocycles. The fourth-order valence-corrected chi connectivity index (χ4v) is 5.79. The molecular formula is C33H37FN4O5. The van der Waals surface area contributed by atoms with Crippen molar-refractivity contribution in [2.75, 3.05) is 46.3 Å². The third-order valence-electron chi connectivity index (χ3n) is 8.41. The smallest absolute Gasteiger partial charge is 0.326 e. The lowest BCUT2D eigenvalue weighted by Crippen LogP contribution is -2.56. The Morgan fingerprint density at radius 2 is 1.74 bits per heavy atom. The van der Waals surface area contributed by atoms with Crippen LogP contribution in [0.3, 0.4) is 0 Å². The number of hydrogen-bond acceptors (Lipinski definition) is 6. The van der Waals surface area contributed by atoms with Crippen LogP contribution in [-0.4, -0.2) is 74.7 Å². The zero-order valence-electron chi connectivity index (χ0n) is 25.1. The molecule has 2 aliphatic rings. The second-order valence-corrected chi connectivity index (χ2v) is 11.1. The monoisotopic (exact) mass is 588 g/mol. The minimum atomic E-state index is -1.00. The molecule has 0 aromatic heterocycles. The summed E-state index contributed by atoms with van der Waals surface area (Å²) in [5, 5.41) is 6.25. The summed E-state index contributed by atoms with van der Waals surface area (Å²) < 4.78 is 26.5. The lowest BCUT2D eigenvalue weighted by atomic mass is 9.90. The summed E-state index contributed by atoms with van der Waals surface area (Å²) in [6.07, 6.45) is 0.896. The number of nitrogens with zero attached hydrogens (tertiary/aromatic N) is 2. The lowest BCUT2D eigenvalue weighted by molar-refractivity contribution is -0.140. The van der Waals surface area contributed by atoms with Crippen molar-refractivity contribution in [1.82, 2.24) is 15.1 Å². The average molecular weight is 589 g/mol. The Kier molecular flexibility index (Phi) is 8.79.